The predicted molar refractivity (Wildman–Crippen MR) is 137 cm³/mol. The van der Waals surface area contributed by atoms with Gasteiger partial charge in [-0.25, -0.2) is 5.01 Å². The monoisotopic (exact) mass is 480 g/mol. The third-order valence-electron chi connectivity index (χ3n) is 6.36. The third kappa shape index (κ3) is 4.42. The van der Waals surface area contributed by atoms with Crippen LogP contribution in [0.4, 0.5) is 5.69 Å². The van der Waals surface area contributed by atoms with Crippen molar-refractivity contribution in [1.29, 1.82) is 0 Å². The highest BCUT2D eigenvalue weighted by Crippen LogP contribution is 2.41. The lowest BCUT2D eigenvalue weighted by molar-refractivity contribution is -0.384. The molecule has 0 spiro atoms. The summed E-state index contributed by atoms with van der Waals surface area (Å²) in [5.41, 5.74) is 2.82. The van der Waals surface area contributed by atoms with Crippen molar-refractivity contribution < 1.29 is 14.8 Å². The van der Waals surface area contributed by atoms with E-state index in [1.807, 2.05) is 65.6 Å². The van der Waals surface area contributed by atoms with Gasteiger partial charge in [0, 0.05) is 24.2 Å². The number of hydrazone groups is 1. The van der Waals surface area contributed by atoms with Gasteiger partial charge in [-0.05, 0) is 47.0 Å². The van der Waals surface area contributed by atoms with Crippen molar-refractivity contribution in [2.45, 2.75) is 19.6 Å². The molecule has 1 N–H and O–H groups in total. The van der Waals surface area contributed by atoms with Gasteiger partial charge >= 0.3 is 0 Å². The number of rotatable bonds is 6. The molecule has 1 saturated heterocycles. The van der Waals surface area contributed by atoms with Crippen LogP contribution in [0.15, 0.2) is 96.1 Å². The molecule has 1 fully saturated rings. The van der Waals surface area contributed by atoms with Crippen LogP contribution in [-0.4, -0.2) is 38.1 Å². The zero-order valence-corrected chi connectivity index (χ0v) is 19.6. The minimum atomic E-state index is -0.642. The molecule has 1 aliphatic rings. The van der Waals surface area contributed by atoms with Gasteiger partial charge in [0.2, 0.25) is 0 Å². The number of nitro benzene ring substituents is 1. The summed E-state index contributed by atoms with van der Waals surface area (Å²) in [5.74, 6) is -0.121. The molecule has 8 heteroatoms. The zero-order chi connectivity index (χ0) is 25.2. The van der Waals surface area contributed by atoms with Crippen molar-refractivity contribution >= 4 is 28.1 Å². The Morgan fingerprint density at radius 2 is 1.69 bits per heavy atom. The average molecular weight is 481 g/mol. The summed E-state index contributed by atoms with van der Waals surface area (Å²) >= 11 is 0. The predicted octanol–water partition coefficient (Wildman–Crippen LogP) is 5.22. The van der Waals surface area contributed by atoms with Gasteiger partial charge in [-0.3, -0.25) is 19.8 Å². The molecule has 0 aliphatic carbocycles. The van der Waals surface area contributed by atoms with Gasteiger partial charge < -0.3 is 5.11 Å². The first-order valence-corrected chi connectivity index (χ1v) is 11.5. The molecule has 4 aromatic carbocycles. The lowest BCUT2D eigenvalue weighted by Gasteiger charge is -2.29. The molecule has 1 amide bonds. The fourth-order valence-electron chi connectivity index (χ4n) is 4.60. The van der Waals surface area contributed by atoms with E-state index in [4.69, 9.17) is 0 Å². The summed E-state index contributed by atoms with van der Waals surface area (Å²) in [6.45, 7) is 2.37. The van der Waals surface area contributed by atoms with E-state index in [0.29, 0.717) is 23.4 Å². The fraction of sp³-hybridized carbons (Fsp3) is 0.143. The smallest absolute Gasteiger partial charge is 0.269 e. The van der Waals surface area contributed by atoms with E-state index in [0.717, 1.165) is 16.3 Å². The standard InChI is InChI=1S/C28H24N4O4/c1-19(21-11-14-23(15-12-21)32(35)36)29-31-26(34)18-30(17-20-7-3-2-4-8-20)28(31)27-24-10-6-5-9-22(24)13-16-25(27)33/h2-16,28,33H,17-18H2,1H3/b29-19-/t28-/m1/s1. The first kappa shape index (κ1) is 23.2. The number of carbonyl (C=O) groups excluding carboxylic acids is 1. The van der Waals surface area contributed by atoms with Crippen molar-refractivity contribution in [3.05, 3.63) is 118 Å². The van der Waals surface area contributed by atoms with E-state index in [9.17, 15) is 20.0 Å². The number of benzene rings is 4. The first-order chi connectivity index (χ1) is 17.4. The van der Waals surface area contributed by atoms with E-state index in [2.05, 4.69) is 5.10 Å². The van der Waals surface area contributed by atoms with E-state index in [1.165, 1.54) is 17.1 Å². The second kappa shape index (κ2) is 9.59. The van der Waals surface area contributed by atoms with Crippen LogP contribution in [0.5, 0.6) is 5.75 Å². The minimum absolute atomic E-state index is 0.0172. The number of hydrogen-bond acceptors (Lipinski definition) is 6. The molecule has 1 atom stereocenters. The highest BCUT2D eigenvalue weighted by Gasteiger charge is 2.41. The summed E-state index contributed by atoms with van der Waals surface area (Å²) in [6, 6.07) is 27.1. The van der Waals surface area contributed by atoms with Gasteiger partial charge in [-0.1, -0.05) is 60.7 Å². The molecular weight excluding hydrogens is 456 g/mol. The van der Waals surface area contributed by atoms with E-state index < -0.39 is 11.1 Å². The van der Waals surface area contributed by atoms with Crippen molar-refractivity contribution in [2.75, 3.05) is 6.54 Å². The lowest BCUT2D eigenvalue weighted by atomic mass is 10.0. The maximum absolute atomic E-state index is 13.3. The number of non-ortho nitro benzene ring substituents is 1. The Labute approximate surface area is 207 Å². The maximum atomic E-state index is 13.3. The first-order valence-electron chi connectivity index (χ1n) is 11.5. The van der Waals surface area contributed by atoms with Gasteiger partial charge in [0.1, 0.15) is 11.9 Å². The van der Waals surface area contributed by atoms with Crippen LogP contribution in [-0.2, 0) is 11.3 Å². The van der Waals surface area contributed by atoms with E-state index in [-0.39, 0.29) is 23.9 Å². The highest BCUT2D eigenvalue weighted by atomic mass is 16.6. The summed E-state index contributed by atoms with van der Waals surface area (Å²) in [4.78, 5) is 25.9. The number of phenols is 1. The van der Waals surface area contributed by atoms with Crippen LogP contribution in [0, 0.1) is 10.1 Å². The fourth-order valence-corrected chi connectivity index (χ4v) is 4.60. The molecule has 0 saturated carbocycles. The molecule has 180 valence electrons. The summed E-state index contributed by atoms with van der Waals surface area (Å²) < 4.78 is 0. The molecule has 0 bridgehead atoms. The Morgan fingerprint density at radius 3 is 2.42 bits per heavy atom. The summed E-state index contributed by atoms with van der Waals surface area (Å²) in [7, 11) is 0. The van der Waals surface area contributed by atoms with Crippen LogP contribution in [0.2, 0.25) is 0 Å². The van der Waals surface area contributed by atoms with Crippen molar-refractivity contribution in [3.63, 3.8) is 0 Å². The molecule has 1 heterocycles. The van der Waals surface area contributed by atoms with Crippen molar-refractivity contribution in [3.8, 4) is 5.75 Å². The lowest BCUT2D eigenvalue weighted by Crippen LogP contribution is -2.29. The number of amides is 1. The molecular formula is C28H24N4O4. The minimum Gasteiger partial charge on any atom is -0.508 e. The summed E-state index contributed by atoms with van der Waals surface area (Å²) in [5, 5.41) is 29.9. The van der Waals surface area contributed by atoms with Gasteiger partial charge in [0.15, 0.2) is 0 Å². The van der Waals surface area contributed by atoms with Gasteiger partial charge in [0.05, 0.1) is 17.2 Å². The molecule has 4 aromatic rings. The van der Waals surface area contributed by atoms with Crippen LogP contribution in [0.3, 0.4) is 0 Å². The number of nitrogens with zero attached hydrogens (tertiary/aromatic N) is 4. The SMILES string of the molecule is C/C(=N/N1C(=O)CN(Cc2ccccc2)[C@H]1c1c(O)ccc2ccccc12)c1ccc([N+](=O)[O-])cc1. The number of carbonyl (C=O) groups is 1. The number of aromatic hydroxyl groups is 1. The number of fused-ring (bicyclic) bond motifs is 1. The number of phenolic OH excluding ortho intramolecular Hbond substituents is 1. The second-order valence-electron chi connectivity index (χ2n) is 8.71. The molecule has 1 aliphatic heterocycles. The Morgan fingerprint density at radius 1 is 1.00 bits per heavy atom. The second-order valence-corrected chi connectivity index (χ2v) is 8.71. The number of hydrogen-bond donors (Lipinski definition) is 1. The van der Waals surface area contributed by atoms with E-state index in [1.54, 1.807) is 25.1 Å². The van der Waals surface area contributed by atoms with Crippen LogP contribution in [0.25, 0.3) is 10.8 Å². The third-order valence-corrected chi connectivity index (χ3v) is 6.36. The molecule has 5 rings (SSSR count). The summed E-state index contributed by atoms with van der Waals surface area (Å²) in [6.07, 6.45) is -0.642. The molecule has 0 radical (unpaired) electrons. The zero-order valence-electron chi connectivity index (χ0n) is 19.6. The average Bonchev–Trinajstić information content (AvgIpc) is 3.18. The van der Waals surface area contributed by atoms with Crippen molar-refractivity contribution in [2.24, 2.45) is 5.10 Å². The molecule has 0 unspecified atom stereocenters. The van der Waals surface area contributed by atoms with E-state index >= 15 is 0 Å². The normalized spacial score (nSPS) is 16.6. The molecule has 0 aromatic heterocycles. The Balaban J connectivity index is 1.61. The van der Waals surface area contributed by atoms with Gasteiger partial charge in [-0.15, -0.1) is 0 Å². The Kier molecular flexibility index (Phi) is 6.18. The van der Waals surface area contributed by atoms with Crippen LogP contribution >= 0.6 is 0 Å². The highest BCUT2D eigenvalue weighted by molar-refractivity contribution is 6.00. The van der Waals surface area contributed by atoms with Gasteiger partial charge in [-0.2, -0.15) is 5.10 Å². The molecule has 36 heavy (non-hydrogen) atoms. The topological polar surface area (TPSA) is 99.3 Å². The molecule has 8 nitrogen and oxygen atoms in total. The quantitative estimate of drug-likeness (QED) is 0.232. The van der Waals surface area contributed by atoms with Gasteiger partial charge in [0.25, 0.3) is 11.6 Å². The maximum Gasteiger partial charge on any atom is 0.269 e. The van der Waals surface area contributed by atoms with Crippen LogP contribution in [0.1, 0.15) is 29.8 Å². The van der Waals surface area contributed by atoms with Crippen LogP contribution < -0.4 is 0 Å². The Hall–Kier alpha value is -4.56. The Bertz CT molecular complexity index is 1470. The van der Waals surface area contributed by atoms with Crippen molar-refractivity contribution in [1.82, 2.24) is 9.91 Å². The largest absolute Gasteiger partial charge is 0.508 e. The number of nitro groups is 1.